The lowest BCUT2D eigenvalue weighted by molar-refractivity contribution is -0.314. The molecule has 0 aliphatic carbocycles. The quantitative estimate of drug-likeness (QED) is 0.411. The first kappa shape index (κ1) is 16.1. The summed E-state index contributed by atoms with van der Waals surface area (Å²) in [5.41, 5.74) is -0.479. The zero-order valence-electron chi connectivity index (χ0n) is 11.9. The molecule has 0 saturated carbocycles. The van der Waals surface area contributed by atoms with Gasteiger partial charge in [0.2, 0.25) is 0 Å². The van der Waals surface area contributed by atoms with Gasteiger partial charge in [-0.05, 0) is 47.6 Å². The summed E-state index contributed by atoms with van der Waals surface area (Å²) in [7, 11) is -0.524. The highest BCUT2D eigenvalue weighted by Crippen LogP contribution is 2.18. The van der Waals surface area contributed by atoms with E-state index in [-0.39, 0.29) is 11.2 Å². The summed E-state index contributed by atoms with van der Waals surface area (Å²) in [4.78, 5) is 0. The van der Waals surface area contributed by atoms with E-state index >= 15 is 0 Å². The van der Waals surface area contributed by atoms with Crippen LogP contribution in [-0.4, -0.2) is 27.4 Å². The Kier molecular flexibility index (Phi) is 6.78. The average Bonchev–Trinajstić information content (AvgIpc) is 1.97. The van der Waals surface area contributed by atoms with E-state index in [1.54, 1.807) is 0 Å². The van der Waals surface area contributed by atoms with Gasteiger partial charge in [0.1, 0.15) is 0 Å². The van der Waals surface area contributed by atoms with Crippen molar-refractivity contribution in [2.24, 2.45) is 0 Å². The third-order valence-electron chi connectivity index (χ3n) is 1.65. The van der Waals surface area contributed by atoms with Crippen LogP contribution in [0, 0.1) is 0 Å². The molecule has 0 saturated heterocycles. The van der Waals surface area contributed by atoms with Crippen molar-refractivity contribution in [1.82, 2.24) is 0 Å². The summed E-state index contributed by atoms with van der Waals surface area (Å²) in [5, 5.41) is 0. The van der Waals surface area contributed by atoms with Gasteiger partial charge < -0.3 is 13.9 Å². The zero-order chi connectivity index (χ0) is 12.8. The van der Waals surface area contributed by atoms with E-state index in [1.807, 2.05) is 41.5 Å². The predicted molar refractivity (Wildman–Crippen MR) is 70.2 cm³/mol. The second-order valence-corrected chi connectivity index (χ2v) is 7.42. The van der Waals surface area contributed by atoms with Crippen LogP contribution in [0.2, 0.25) is 6.04 Å². The first-order valence-corrected chi connectivity index (χ1v) is 7.69. The van der Waals surface area contributed by atoms with Crippen molar-refractivity contribution >= 4 is 9.76 Å². The SMILES string of the molecule is CCC[SiH2]OC(OC(C)(C)C)OC(C)(C)C. The number of hydrogen-bond acceptors (Lipinski definition) is 3. The molecule has 3 nitrogen and oxygen atoms in total. The van der Waals surface area contributed by atoms with Crippen molar-refractivity contribution in [3.8, 4) is 0 Å². The molecule has 0 N–H and O–H groups in total. The van der Waals surface area contributed by atoms with Crippen LogP contribution in [0.5, 0.6) is 0 Å². The normalized spacial score (nSPS) is 14.2. The average molecular weight is 248 g/mol. The highest BCUT2D eigenvalue weighted by molar-refractivity contribution is 6.26. The summed E-state index contributed by atoms with van der Waals surface area (Å²) in [5.74, 6) is 0. The first-order valence-electron chi connectivity index (χ1n) is 6.11. The van der Waals surface area contributed by atoms with Gasteiger partial charge in [0.15, 0.2) is 9.76 Å². The molecule has 0 spiro atoms. The van der Waals surface area contributed by atoms with E-state index in [2.05, 4.69) is 6.92 Å². The van der Waals surface area contributed by atoms with Gasteiger partial charge in [-0.3, -0.25) is 0 Å². The van der Waals surface area contributed by atoms with Crippen molar-refractivity contribution in [3.63, 3.8) is 0 Å². The lowest BCUT2D eigenvalue weighted by Gasteiger charge is -2.32. The monoisotopic (exact) mass is 248 g/mol. The molecule has 98 valence electrons. The fourth-order valence-corrected chi connectivity index (χ4v) is 1.78. The second kappa shape index (κ2) is 6.74. The Balaban J connectivity index is 4.17. The van der Waals surface area contributed by atoms with Crippen molar-refractivity contribution in [2.75, 3.05) is 0 Å². The van der Waals surface area contributed by atoms with Crippen LogP contribution in [0.25, 0.3) is 0 Å². The standard InChI is InChI=1S/C12H28O3Si/c1-8-9-16-15-10(13-11(2,3)4)14-12(5,6)7/h10H,8-9,16H2,1-7H3. The topological polar surface area (TPSA) is 27.7 Å². The molecule has 0 fully saturated rings. The molecule has 0 aliphatic heterocycles. The molecule has 0 bridgehead atoms. The molecule has 4 heteroatoms. The van der Waals surface area contributed by atoms with Gasteiger partial charge in [0.05, 0.1) is 11.2 Å². The third-order valence-corrected chi connectivity index (χ3v) is 3.16. The minimum absolute atomic E-state index is 0.240. The molecule has 0 rings (SSSR count). The molecular weight excluding hydrogens is 220 g/mol. The summed E-state index contributed by atoms with van der Waals surface area (Å²) >= 11 is 0. The van der Waals surface area contributed by atoms with Gasteiger partial charge in [-0.2, -0.15) is 0 Å². The summed E-state index contributed by atoms with van der Waals surface area (Å²) < 4.78 is 17.2. The van der Waals surface area contributed by atoms with Crippen molar-refractivity contribution in [1.29, 1.82) is 0 Å². The van der Waals surface area contributed by atoms with Gasteiger partial charge in [0, 0.05) is 0 Å². The van der Waals surface area contributed by atoms with Gasteiger partial charge >= 0.3 is 0 Å². The molecular formula is C12H28O3Si. The lowest BCUT2D eigenvalue weighted by atomic mass is 10.2. The van der Waals surface area contributed by atoms with E-state index in [9.17, 15) is 0 Å². The van der Waals surface area contributed by atoms with Crippen LogP contribution >= 0.6 is 0 Å². The van der Waals surface area contributed by atoms with Crippen LogP contribution in [0.15, 0.2) is 0 Å². The molecule has 0 aromatic heterocycles. The van der Waals surface area contributed by atoms with Crippen LogP contribution in [-0.2, 0) is 13.9 Å². The highest BCUT2D eigenvalue weighted by atomic mass is 28.2. The van der Waals surface area contributed by atoms with Gasteiger partial charge in [0.25, 0.3) is 6.48 Å². The van der Waals surface area contributed by atoms with Crippen LogP contribution in [0.4, 0.5) is 0 Å². The minimum Gasteiger partial charge on any atom is -0.379 e. The van der Waals surface area contributed by atoms with Crippen molar-refractivity contribution < 1.29 is 13.9 Å². The molecule has 0 aromatic rings. The summed E-state index contributed by atoms with van der Waals surface area (Å²) in [6.45, 7) is 13.7. The molecule has 0 atom stereocenters. The van der Waals surface area contributed by atoms with E-state index in [4.69, 9.17) is 13.9 Å². The van der Waals surface area contributed by atoms with E-state index < -0.39 is 16.2 Å². The molecule has 0 radical (unpaired) electrons. The molecule has 0 amide bonds. The van der Waals surface area contributed by atoms with Crippen molar-refractivity contribution in [2.45, 2.75) is 78.6 Å². The Labute approximate surface area is 103 Å². The predicted octanol–water partition coefficient (Wildman–Crippen LogP) is 2.83. The number of hydrogen-bond donors (Lipinski definition) is 0. The highest BCUT2D eigenvalue weighted by Gasteiger charge is 2.24. The van der Waals surface area contributed by atoms with Gasteiger partial charge in [-0.15, -0.1) is 0 Å². The fraction of sp³-hybridized carbons (Fsp3) is 1.00. The van der Waals surface area contributed by atoms with Gasteiger partial charge in [-0.25, -0.2) is 0 Å². The van der Waals surface area contributed by atoms with Gasteiger partial charge in [-0.1, -0.05) is 13.3 Å². The third kappa shape index (κ3) is 10.6. The maximum Gasteiger partial charge on any atom is 0.262 e. The van der Waals surface area contributed by atoms with E-state index in [0.717, 1.165) is 6.04 Å². The maximum absolute atomic E-state index is 5.75. The van der Waals surface area contributed by atoms with Crippen molar-refractivity contribution in [3.05, 3.63) is 0 Å². The smallest absolute Gasteiger partial charge is 0.262 e. The molecule has 0 aromatic carbocycles. The van der Waals surface area contributed by atoms with E-state index in [0.29, 0.717) is 0 Å². The molecule has 16 heavy (non-hydrogen) atoms. The summed E-state index contributed by atoms with van der Waals surface area (Å²) in [6.07, 6.45) is 1.17. The zero-order valence-corrected chi connectivity index (χ0v) is 13.3. The molecule has 0 unspecified atom stereocenters. The lowest BCUT2D eigenvalue weighted by Crippen LogP contribution is -2.37. The van der Waals surface area contributed by atoms with Crippen LogP contribution in [0.1, 0.15) is 54.9 Å². The Morgan fingerprint density at radius 2 is 1.38 bits per heavy atom. The summed E-state index contributed by atoms with van der Waals surface area (Å²) in [6, 6.07) is 1.16. The maximum atomic E-state index is 5.75. The Bertz CT molecular complexity index is 166. The second-order valence-electron chi connectivity index (χ2n) is 5.97. The first-order chi connectivity index (χ1) is 7.14. The fourth-order valence-electron chi connectivity index (χ4n) is 0.993. The number of ether oxygens (including phenoxy) is 2. The largest absolute Gasteiger partial charge is 0.379 e. The molecule has 0 heterocycles. The molecule has 0 aliphatic rings. The Morgan fingerprint density at radius 1 is 0.938 bits per heavy atom. The van der Waals surface area contributed by atoms with Crippen LogP contribution < -0.4 is 0 Å². The van der Waals surface area contributed by atoms with Crippen LogP contribution in [0.3, 0.4) is 0 Å². The Morgan fingerprint density at radius 3 is 1.69 bits per heavy atom. The van der Waals surface area contributed by atoms with E-state index in [1.165, 1.54) is 6.42 Å². The number of rotatable bonds is 6. The minimum atomic E-state index is -0.524. The Hall–Kier alpha value is 0.0969.